The van der Waals surface area contributed by atoms with Crippen LogP contribution < -0.4 is 10.2 Å². The third-order valence-corrected chi connectivity index (χ3v) is 3.67. The van der Waals surface area contributed by atoms with Gasteiger partial charge in [-0.15, -0.1) is 0 Å². The quantitative estimate of drug-likeness (QED) is 0.732. The van der Waals surface area contributed by atoms with E-state index in [1.165, 1.54) is 0 Å². The second kappa shape index (κ2) is 8.53. The first-order valence-corrected chi connectivity index (χ1v) is 7.59. The number of nitriles is 1. The van der Waals surface area contributed by atoms with Crippen molar-refractivity contribution in [1.82, 2.24) is 0 Å². The summed E-state index contributed by atoms with van der Waals surface area (Å²) in [5, 5.41) is 21.2. The molecule has 0 aliphatic heterocycles. The molecule has 0 aliphatic rings. The van der Waals surface area contributed by atoms with Crippen LogP contribution in [0.15, 0.2) is 24.3 Å². The summed E-state index contributed by atoms with van der Waals surface area (Å²) < 4.78 is 0. The van der Waals surface area contributed by atoms with E-state index in [2.05, 4.69) is 61.3 Å². The second-order valence-corrected chi connectivity index (χ2v) is 6.03. The Hall–Kier alpha value is -1.73. The summed E-state index contributed by atoms with van der Waals surface area (Å²) in [6.07, 6.45) is 1.49. The van der Waals surface area contributed by atoms with Gasteiger partial charge in [0.1, 0.15) is 0 Å². The zero-order valence-electron chi connectivity index (χ0n) is 13.4. The highest BCUT2D eigenvalue weighted by molar-refractivity contribution is 5.55. The molecule has 2 N–H and O–H groups in total. The van der Waals surface area contributed by atoms with Gasteiger partial charge in [-0.25, -0.2) is 0 Å². The van der Waals surface area contributed by atoms with E-state index in [9.17, 15) is 0 Å². The van der Waals surface area contributed by atoms with Crippen LogP contribution >= 0.6 is 0 Å². The molecule has 0 saturated carbocycles. The average molecular weight is 289 g/mol. The van der Waals surface area contributed by atoms with Crippen LogP contribution in [0.2, 0.25) is 0 Å². The van der Waals surface area contributed by atoms with E-state index >= 15 is 0 Å². The van der Waals surface area contributed by atoms with Crippen molar-refractivity contribution < 1.29 is 5.11 Å². The van der Waals surface area contributed by atoms with Gasteiger partial charge in [0.25, 0.3) is 0 Å². The van der Waals surface area contributed by atoms with Crippen LogP contribution in [0.5, 0.6) is 0 Å². The fraction of sp³-hybridized carbons (Fsp3) is 0.588. The van der Waals surface area contributed by atoms with Crippen molar-refractivity contribution in [2.45, 2.75) is 33.6 Å². The Bertz CT molecular complexity index is 448. The predicted octanol–water partition coefficient (Wildman–Crippen LogP) is 3.25. The minimum Gasteiger partial charge on any atom is -0.395 e. The first-order chi connectivity index (χ1) is 10.0. The summed E-state index contributed by atoms with van der Waals surface area (Å²) in [6.45, 7) is 8.99. The Balaban J connectivity index is 2.56. The highest BCUT2D eigenvalue weighted by Gasteiger charge is 2.17. The smallest absolute Gasteiger partial charge is 0.0621 e. The number of hydrogen-bond donors (Lipinski definition) is 2. The van der Waals surface area contributed by atoms with E-state index in [0.717, 1.165) is 30.9 Å². The number of benzene rings is 1. The molecule has 0 atom stereocenters. The van der Waals surface area contributed by atoms with Gasteiger partial charge >= 0.3 is 0 Å². The third kappa shape index (κ3) is 6.05. The van der Waals surface area contributed by atoms with Gasteiger partial charge in [0.15, 0.2) is 0 Å². The number of rotatable bonds is 9. The molecule has 0 aliphatic carbocycles. The lowest BCUT2D eigenvalue weighted by atomic mass is 9.88. The predicted molar refractivity (Wildman–Crippen MR) is 88.5 cm³/mol. The van der Waals surface area contributed by atoms with Crippen LogP contribution in [0.25, 0.3) is 0 Å². The number of nitrogens with zero attached hydrogens (tertiary/aromatic N) is 2. The minimum atomic E-state index is 0.112. The normalized spacial score (nSPS) is 11.0. The second-order valence-electron chi connectivity index (χ2n) is 6.03. The summed E-state index contributed by atoms with van der Waals surface area (Å²) in [5.74, 6) is 0. The standard InChI is InChI=1S/C17H27N3O/c1-4-20(12-13-21)16-8-6-15(7-9-16)19-14-17(2,3)10-5-11-18/h6-9,19,21H,4-5,10,12-14H2,1-3H3. The summed E-state index contributed by atoms with van der Waals surface area (Å²) in [7, 11) is 0. The fourth-order valence-electron chi connectivity index (χ4n) is 2.20. The molecule has 4 nitrogen and oxygen atoms in total. The monoisotopic (exact) mass is 289 g/mol. The van der Waals surface area contributed by atoms with Crippen LogP contribution in [0.3, 0.4) is 0 Å². The molecule has 0 saturated heterocycles. The molecule has 21 heavy (non-hydrogen) atoms. The van der Waals surface area contributed by atoms with Crippen LogP contribution in [-0.2, 0) is 0 Å². The number of hydrogen-bond acceptors (Lipinski definition) is 4. The lowest BCUT2D eigenvalue weighted by Crippen LogP contribution is -2.26. The van der Waals surface area contributed by atoms with E-state index in [1.807, 2.05) is 0 Å². The Kier molecular flexibility index (Phi) is 7.04. The van der Waals surface area contributed by atoms with Crippen molar-refractivity contribution in [1.29, 1.82) is 5.26 Å². The van der Waals surface area contributed by atoms with Crippen molar-refractivity contribution in [3.05, 3.63) is 24.3 Å². The molecule has 1 rings (SSSR count). The molecule has 0 heterocycles. The number of nitrogens with one attached hydrogen (secondary N) is 1. The molecule has 0 fully saturated rings. The minimum absolute atomic E-state index is 0.112. The van der Waals surface area contributed by atoms with Crippen molar-refractivity contribution in [2.75, 3.05) is 36.5 Å². The van der Waals surface area contributed by atoms with Crippen LogP contribution in [0.1, 0.15) is 33.6 Å². The largest absolute Gasteiger partial charge is 0.395 e. The average Bonchev–Trinajstić information content (AvgIpc) is 2.49. The molecular weight excluding hydrogens is 262 g/mol. The number of aliphatic hydroxyl groups excluding tert-OH is 1. The van der Waals surface area contributed by atoms with Gasteiger partial charge < -0.3 is 15.3 Å². The van der Waals surface area contributed by atoms with E-state index in [4.69, 9.17) is 10.4 Å². The van der Waals surface area contributed by atoms with Crippen LogP contribution in [0, 0.1) is 16.7 Å². The Labute approximate surface area is 128 Å². The van der Waals surface area contributed by atoms with Gasteiger partial charge in [0.05, 0.1) is 12.7 Å². The van der Waals surface area contributed by atoms with Crippen molar-refractivity contribution in [2.24, 2.45) is 5.41 Å². The van der Waals surface area contributed by atoms with E-state index in [1.54, 1.807) is 0 Å². The SMILES string of the molecule is CCN(CCO)c1ccc(NCC(C)(C)CCC#N)cc1. The van der Waals surface area contributed by atoms with Gasteiger partial charge in [-0.2, -0.15) is 5.26 Å². The molecule has 116 valence electrons. The molecule has 0 unspecified atom stereocenters. The summed E-state index contributed by atoms with van der Waals surface area (Å²) in [6, 6.07) is 10.5. The lowest BCUT2D eigenvalue weighted by molar-refractivity contribution is 0.302. The number of aliphatic hydroxyl groups is 1. The number of anilines is 2. The number of likely N-dealkylation sites (N-methyl/N-ethyl adjacent to an activating group) is 1. The molecule has 0 spiro atoms. The van der Waals surface area contributed by atoms with Crippen LogP contribution in [0.4, 0.5) is 11.4 Å². The molecule has 0 radical (unpaired) electrons. The molecule has 1 aromatic rings. The molecule has 0 bridgehead atoms. The first kappa shape index (κ1) is 17.3. The molecular formula is C17H27N3O. The summed E-state index contributed by atoms with van der Waals surface area (Å²) in [4.78, 5) is 2.14. The maximum absolute atomic E-state index is 9.05. The van der Waals surface area contributed by atoms with Gasteiger partial charge in [0, 0.05) is 37.4 Å². The van der Waals surface area contributed by atoms with Crippen molar-refractivity contribution in [3.63, 3.8) is 0 Å². The van der Waals surface area contributed by atoms with Crippen molar-refractivity contribution >= 4 is 11.4 Å². The van der Waals surface area contributed by atoms with Gasteiger partial charge in [-0.1, -0.05) is 13.8 Å². The van der Waals surface area contributed by atoms with E-state index in [-0.39, 0.29) is 12.0 Å². The highest BCUT2D eigenvalue weighted by atomic mass is 16.3. The van der Waals surface area contributed by atoms with Gasteiger partial charge in [-0.3, -0.25) is 0 Å². The molecule has 1 aromatic carbocycles. The highest BCUT2D eigenvalue weighted by Crippen LogP contribution is 2.24. The van der Waals surface area contributed by atoms with E-state index in [0.29, 0.717) is 13.0 Å². The molecule has 0 aromatic heterocycles. The Morgan fingerprint density at radius 1 is 1.29 bits per heavy atom. The lowest BCUT2D eigenvalue weighted by Gasteiger charge is -2.25. The third-order valence-electron chi connectivity index (χ3n) is 3.67. The summed E-state index contributed by atoms with van der Waals surface area (Å²) >= 11 is 0. The summed E-state index contributed by atoms with van der Waals surface area (Å²) in [5.41, 5.74) is 2.32. The van der Waals surface area contributed by atoms with Crippen molar-refractivity contribution in [3.8, 4) is 6.07 Å². The fourth-order valence-corrected chi connectivity index (χ4v) is 2.20. The molecule has 0 amide bonds. The Morgan fingerprint density at radius 3 is 2.48 bits per heavy atom. The first-order valence-electron chi connectivity index (χ1n) is 7.59. The zero-order valence-corrected chi connectivity index (χ0v) is 13.4. The Morgan fingerprint density at radius 2 is 1.95 bits per heavy atom. The molecule has 4 heteroatoms. The zero-order chi connectivity index (χ0) is 15.7. The van der Waals surface area contributed by atoms with E-state index < -0.39 is 0 Å². The maximum Gasteiger partial charge on any atom is 0.0621 e. The maximum atomic E-state index is 9.05. The van der Waals surface area contributed by atoms with Gasteiger partial charge in [-0.05, 0) is 43.0 Å². The topological polar surface area (TPSA) is 59.3 Å². The van der Waals surface area contributed by atoms with Gasteiger partial charge in [0.2, 0.25) is 0 Å². The van der Waals surface area contributed by atoms with Crippen LogP contribution in [-0.4, -0.2) is 31.3 Å².